The summed E-state index contributed by atoms with van der Waals surface area (Å²) < 4.78 is 78.9. The normalized spacial score (nSPS) is 24.7. The van der Waals surface area contributed by atoms with Gasteiger partial charge in [-0.2, -0.15) is 19.6 Å². The van der Waals surface area contributed by atoms with Crippen LogP contribution in [-0.2, 0) is 4.74 Å². The van der Waals surface area contributed by atoms with Crippen LogP contribution in [0.2, 0.25) is 5.02 Å². The molecule has 0 amide bonds. The van der Waals surface area contributed by atoms with Crippen molar-refractivity contribution in [2.75, 3.05) is 51.0 Å². The van der Waals surface area contributed by atoms with Crippen molar-refractivity contribution in [3.05, 3.63) is 39.5 Å². The largest absolute Gasteiger partial charge is 0.489 e. The Kier molecular flexibility index (Phi) is 6.98. The average molecular weight is 660 g/mol. The van der Waals surface area contributed by atoms with E-state index in [1.807, 2.05) is 4.90 Å². The van der Waals surface area contributed by atoms with E-state index in [2.05, 4.69) is 9.88 Å². The number of hydrogen-bond acceptors (Lipinski definition) is 9. The molecule has 3 atom stereocenters. The van der Waals surface area contributed by atoms with Gasteiger partial charge in [0.2, 0.25) is 0 Å². The van der Waals surface area contributed by atoms with Crippen LogP contribution in [0.25, 0.3) is 32.1 Å². The molecular weight excluding hydrogens is 634 g/mol. The molecule has 14 heteroatoms. The Bertz CT molecular complexity index is 1910. The first-order valence-electron chi connectivity index (χ1n) is 14.8. The highest BCUT2D eigenvalue weighted by Crippen LogP contribution is 2.50. The summed E-state index contributed by atoms with van der Waals surface area (Å²) in [6.45, 7) is 2.82. The summed E-state index contributed by atoms with van der Waals surface area (Å²) in [4.78, 5) is 13.4. The third-order valence-electron chi connectivity index (χ3n) is 9.50. The molecule has 1 unspecified atom stereocenters. The van der Waals surface area contributed by atoms with E-state index in [0.717, 1.165) is 31.9 Å². The molecule has 8 nitrogen and oxygen atoms in total. The van der Waals surface area contributed by atoms with Crippen LogP contribution in [-0.4, -0.2) is 78.7 Å². The number of nitrogens with zero attached hydrogens (tertiary/aromatic N) is 5. The summed E-state index contributed by atoms with van der Waals surface area (Å²) in [5.74, 6) is -1.14. The van der Waals surface area contributed by atoms with Gasteiger partial charge in [-0.05, 0) is 37.4 Å². The number of anilines is 1. The van der Waals surface area contributed by atoms with E-state index < -0.39 is 34.0 Å². The summed E-state index contributed by atoms with van der Waals surface area (Å²) in [5.41, 5.74) is -1.23. The van der Waals surface area contributed by atoms with Crippen molar-refractivity contribution in [1.29, 1.82) is 5.26 Å². The van der Waals surface area contributed by atoms with Gasteiger partial charge in [0.1, 0.15) is 48.2 Å². The first-order chi connectivity index (χ1) is 21.8. The molecule has 45 heavy (non-hydrogen) atoms. The van der Waals surface area contributed by atoms with Crippen molar-refractivity contribution < 1.29 is 31.8 Å². The molecule has 8 rings (SSSR count). The maximum atomic E-state index is 17.0. The number of fused-ring (bicyclic) bond motifs is 2. The topological polar surface area (TPSA) is 83.7 Å². The van der Waals surface area contributed by atoms with Gasteiger partial charge >= 0.3 is 6.01 Å². The highest BCUT2D eigenvalue weighted by atomic mass is 35.5. The van der Waals surface area contributed by atoms with Crippen molar-refractivity contribution in [3.63, 3.8) is 0 Å². The predicted molar refractivity (Wildman–Crippen MR) is 161 cm³/mol. The second kappa shape index (κ2) is 10.8. The van der Waals surface area contributed by atoms with Crippen LogP contribution in [0.3, 0.4) is 0 Å². The summed E-state index contributed by atoms with van der Waals surface area (Å²) >= 11 is 7.38. The van der Waals surface area contributed by atoms with E-state index >= 15 is 4.39 Å². The molecular formula is C31H26ClF4N5O3S. The number of thiophene rings is 1. The Morgan fingerprint density at radius 1 is 1.18 bits per heavy atom. The SMILES string of the molecule is N#Cc1c(F)sc2c(F)ccc(-c3c(Cl)c4c5c(nc(OC[C@@]67CCCN6C[C@H](F)C7)nc5c3F)N(C3CCOC3)CCO4)c12. The monoisotopic (exact) mass is 659 g/mol. The van der Waals surface area contributed by atoms with Gasteiger partial charge in [-0.1, -0.05) is 17.7 Å². The Morgan fingerprint density at radius 3 is 2.84 bits per heavy atom. The summed E-state index contributed by atoms with van der Waals surface area (Å²) in [6.07, 6.45) is 1.79. The number of aromatic nitrogens is 2. The molecule has 4 aliphatic heterocycles. The zero-order valence-corrected chi connectivity index (χ0v) is 25.4. The molecule has 2 aromatic carbocycles. The molecule has 0 radical (unpaired) electrons. The van der Waals surface area contributed by atoms with Crippen molar-refractivity contribution in [1.82, 2.24) is 14.9 Å². The van der Waals surface area contributed by atoms with Crippen LogP contribution < -0.4 is 14.4 Å². The van der Waals surface area contributed by atoms with Crippen molar-refractivity contribution in [2.24, 2.45) is 0 Å². The van der Waals surface area contributed by atoms with E-state index in [-0.39, 0.29) is 68.2 Å². The minimum atomic E-state index is -0.955. The second-order valence-corrected chi connectivity index (χ2v) is 13.3. The molecule has 2 aromatic heterocycles. The van der Waals surface area contributed by atoms with Crippen LogP contribution in [0.5, 0.6) is 11.8 Å². The number of alkyl halides is 1. The van der Waals surface area contributed by atoms with E-state index in [1.165, 1.54) is 6.07 Å². The van der Waals surface area contributed by atoms with Gasteiger partial charge in [0.05, 0.1) is 39.8 Å². The van der Waals surface area contributed by atoms with Gasteiger partial charge in [-0.25, -0.2) is 13.2 Å². The third-order valence-corrected chi connectivity index (χ3v) is 10.8. The Morgan fingerprint density at radius 2 is 2.04 bits per heavy atom. The maximum Gasteiger partial charge on any atom is 0.319 e. The number of rotatable bonds is 5. The molecule has 0 spiro atoms. The fourth-order valence-corrected chi connectivity index (χ4v) is 8.70. The Labute approximate surface area is 264 Å². The molecule has 3 fully saturated rings. The van der Waals surface area contributed by atoms with Crippen molar-refractivity contribution in [2.45, 2.75) is 43.4 Å². The lowest BCUT2D eigenvalue weighted by Gasteiger charge is -2.31. The third kappa shape index (κ3) is 4.44. The van der Waals surface area contributed by atoms with Gasteiger partial charge in [0.25, 0.3) is 0 Å². The van der Waals surface area contributed by atoms with Crippen LogP contribution in [0.15, 0.2) is 12.1 Å². The average Bonchev–Trinajstić information content (AvgIpc) is 3.78. The fraction of sp³-hybridized carbons (Fsp3) is 0.452. The highest BCUT2D eigenvalue weighted by Gasteiger charge is 2.49. The van der Waals surface area contributed by atoms with Crippen molar-refractivity contribution >= 4 is 49.7 Å². The van der Waals surface area contributed by atoms with Crippen LogP contribution in [0.1, 0.15) is 31.2 Å². The summed E-state index contributed by atoms with van der Waals surface area (Å²) in [5, 5.41) is 8.86. The highest BCUT2D eigenvalue weighted by molar-refractivity contribution is 7.17. The smallest absolute Gasteiger partial charge is 0.319 e. The molecule has 4 aliphatic rings. The lowest BCUT2D eigenvalue weighted by molar-refractivity contribution is 0.107. The van der Waals surface area contributed by atoms with E-state index in [1.54, 1.807) is 6.07 Å². The summed E-state index contributed by atoms with van der Waals surface area (Å²) in [7, 11) is 0. The maximum absolute atomic E-state index is 17.0. The molecule has 0 bridgehead atoms. The number of halogens is 5. The molecule has 6 heterocycles. The first-order valence-corrected chi connectivity index (χ1v) is 16.0. The lowest BCUT2D eigenvalue weighted by atomic mass is 9.95. The number of ether oxygens (including phenoxy) is 3. The minimum absolute atomic E-state index is 0.0284. The Balaban J connectivity index is 1.34. The van der Waals surface area contributed by atoms with E-state index in [0.29, 0.717) is 49.9 Å². The van der Waals surface area contributed by atoms with Gasteiger partial charge in [0.15, 0.2) is 16.7 Å². The van der Waals surface area contributed by atoms with Gasteiger partial charge in [-0.15, -0.1) is 11.3 Å². The van der Waals surface area contributed by atoms with E-state index in [4.69, 9.17) is 30.8 Å². The van der Waals surface area contributed by atoms with Crippen LogP contribution >= 0.6 is 22.9 Å². The van der Waals surface area contributed by atoms with Crippen LogP contribution in [0, 0.1) is 28.1 Å². The van der Waals surface area contributed by atoms with Gasteiger partial charge in [-0.3, -0.25) is 4.90 Å². The molecule has 3 saturated heterocycles. The quantitative estimate of drug-likeness (QED) is 0.228. The standard InChI is InChI=1S/C31H26ClF4N5O3S/c32-23-21(17-2-3-19(34)27-20(17)18(11-37)28(36)45-27)24(35)25-22-26(23)43-9-7-41(16-4-8-42-13-16)29(22)39-30(38-25)44-14-31-5-1-6-40(31)12-15(33)10-31/h2-3,15-16H,1,4-10,12-14H2/t15-,16?,31+/m1/s1. The van der Waals surface area contributed by atoms with Crippen LogP contribution in [0.4, 0.5) is 23.4 Å². The van der Waals surface area contributed by atoms with Crippen molar-refractivity contribution in [3.8, 4) is 29.0 Å². The number of benzene rings is 2. The molecule has 4 aromatic rings. The number of nitriles is 1. The Hall–Kier alpha value is -3.44. The van der Waals surface area contributed by atoms with Gasteiger partial charge in [0, 0.05) is 30.5 Å². The predicted octanol–water partition coefficient (Wildman–Crippen LogP) is 6.40. The first kappa shape index (κ1) is 29.0. The second-order valence-electron chi connectivity index (χ2n) is 12.0. The zero-order chi connectivity index (χ0) is 31.0. The zero-order valence-electron chi connectivity index (χ0n) is 23.8. The number of hydrogen-bond donors (Lipinski definition) is 0. The molecule has 0 saturated carbocycles. The lowest BCUT2D eigenvalue weighted by Crippen LogP contribution is -2.43. The fourth-order valence-electron chi connectivity index (χ4n) is 7.45. The molecule has 234 valence electrons. The van der Waals surface area contributed by atoms with Gasteiger partial charge < -0.3 is 19.1 Å². The minimum Gasteiger partial charge on any atom is -0.489 e. The summed E-state index contributed by atoms with van der Waals surface area (Å²) in [6, 6.07) is 3.98. The van der Waals surface area contributed by atoms with E-state index in [9.17, 15) is 18.4 Å². The molecule has 0 aliphatic carbocycles. The molecule has 0 N–H and O–H groups in total.